The highest BCUT2D eigenvalue weighted by Gasteiger charge is 2.28. The molecule has 2 fully saturated rings. The van der Waals surface area contributed by atoms with Crippen molar-refractivity contribution in [2.45, 2.75) is 38.3 Å². The molecule has 2 saturated heterocycles. The van der Waals surface area contributed by atoms with Crippen LogP contribution in [0.25, 0.3) is 0 Å². The summed E-state index contributed by atoms with van der Waals surface area (Å²) in [6.45, 7) is 3.97. The van der Waals surface area contributed by atoms with Crippen LogP contribution in [0.1, 0.15) is 32.1 Å². The molecule has 2 aliphatic rings. The molecule has 0 aromatic heterocycles. The van der Waals surface area contributed by atoms with Gasteiger partial charge in [0, 0.05) is 36.0 Å². The molecule has 1 unspecified atom stereocenters. The normalized spacial score (nSPS) is 34.2. The second kappa shape index (κ2) is 4.24. The predicted molar refractivity (Wildman–Crippen MR) is 59.2 cm³/mol. The molecule has 2 nitrogen and oxygen atoms in total. The molecule has 0 aromatic rings. The minimum atomic E-state index is 0.766. The van der Waals surface area contributed by atoms with Crippen molar-refractivity contribution in [1.29, 1.82) is 0 Å². The van der Waals surface area contributed by atoms with Crippen LogP contribution in [-0.2, 0) is 0 Å². The van der Waals surface area contributed by atoms with Crippen molar-refractivity contribution in [3.63, 3.8) is 0 Å². The summed E-state index contributed by atoms with van der Waals surface area (Å²) in [5, 5.41) is 0. The summed E-state index contributed by atoms with van der Waals surface area (Å²) < 4.78 is 2.51. The smallest absolute Gasteiger partial charge is 0.0713 e. The van der Waals surface area contributed by atoms with Crippen molar-refractivity contribution in [2.24, 2.45) is 0 Å². The first kappa shape index (κ1) is 9.21. The van der Waals surface area contributed by atoms with Crippen LogP contribution in [0.3, 0.4) is 0 Å². The van der Waals surface area contributed by atoms with E-state index in [9.17, 15) is 0 Å². The Labute approximate surface area is 88.8 Å². The number of fused-ring (bicyclic) bond motifs is 1. The fourth-order valence-electron chi connectivity index (χ4n) is 2.30. The van der Waals surface area contributed by atoms with Crippen molar-refractivity contribution in [3.05, 3.63) is 0 Å². The Kier molecular flexibility index (Phi) is 3.26. The summed E-state index contributed by atoms with van der Waals surface area (Å²) in [6.07, 6.45) is 7.81. The molecule has 3 heteroatoms. The van der Waals surface area contributed by atoms with Gasteiger partial charge in [-0.1, -0.05) is 12.8 Å². The predicted octanol–water partition coefficient (Wildman–Crippen LogP) is 2.24. The molecule has 0 bridgehead atoms. The van der Waals surface area contributed by atoms with Gasteiger partial charge in [-0.15, -0.1) is 0 Å². The Morgan fingerprint density at radius 1 is 0.917 bits per heavy atom. The third-order valence-electron chi connectivity index (χ3n) is 2.97. The van der Waals surface area contributed by atoms with E-state index in [1.807, 2.05) is 0 Å². The highest BCUT2D eigenvalue weighted by atomic mass is 127. The second-order valence-corrected chi connectivity index (χ2v) is 5.08. The summed E-state index contributed by atoms with van der Waals surface area (Å²) >= 11 is 2.50. The number of rotatable bonds is 0. The van der Waals surface area contributed by atoms with Gasteiger partial charge in [0.05, 0.1) is 6.17 Å². The monoisotopic (exact) mass is 280 g/mol. The van der Waals surface area contributed by atoms with Crippen LogP contribution in [0.15, 0.2) is 0 Å². The van der Waals surface area contributed by atoms with E-state index in [1.165, 1.54) is 51.7 Å². The average Bonchev–Trinajstić information content (AvgIpc) is 2.30. The van der Waals surface area contributed by atoms with Crippen LogP contribution >= 0.6 is 22.9 Å². The van der Waals surface area contributed by atoms with Gasteiger partial charge in [0.1, 0.15) is 0 Å². The van der Waals surface area contributed by atoms with Crippen molar-refractivity contribution >= 4 is 22.9 Å². The molecule has 1 atom stereocenters. The van der Waals surface area contributed by atoms with Gasteiger partial charge in [0.2, 0.25) is 0 Å². The van der Waals surface area contributed by atoms with Crippen molar-refractivity contribution in [2.75, 3.05) is 19.6 Å². The molecule has 0 aliphatic carbocycles. The molecule has 2 rings (SSSR count). The minimum Gasteiger partial charge on any atom is -0.287 e. The molecule has 0 amide bonds. The van der Waals surface area contributed by atoms with E-state index in [1.54, 1.807) is 0 Å². The van der Waals surface area contributed by atoms with Crippen LogP contribution in [0.5, 0.6) is 0 Å². The zero-order valence-electron chi connectivity index (χ0n) is 7.51. The zero-order chi connectivity index (χ0) is 8.39. The molecular formula is C9H17IN2. The lowest BCUT2D eigenvalue weighted by atomic mass is 10.2. The maximum absolute atomic E-state index is 2.67. The largest absolute Gasteiger partial charge is 0.287 e. The summed E-state index contributed by atoms with van der Waals surface area (Å²) in [4.78, 5) is 2.67. The SMILES string of the molecule is IN1CCCN2CCCCCC12. The van der Waals surface area contributed by atoms with Gasteiger partial charge >= 0.3 is 0 Å². The number of hydrogen-bond acceptors (Lipinski definition) is 2. The topological polar surface area (TPSA) is 6.48 Å². The third kappa shape index (κ3) is 1.93. The van der Waals surface area contributed by atoms with Gasteiger partial charge in [-0.3, -0.25) is 4.90 Å². The maximum Gasteiger partial charge on any atom is 0.0713 e. The lowest BCUT2D eigenvalue weighted by Gasteiger charge is -2.39. The van der Waals surface area contributed by atoms with E-state index in [2.05, 4.69) is 30.9 Å². The van der Waals surface area contributed by atoms with Gasteiger partial charge in [0.15, 0.2) is 0 Å². The van der Waals surface area contributed by atoms with Gasteiger partial charge in [-0.2, -0.15) is 0 Å². The van der Waals surface area contributed by atoms with Crippen LogP contribution in [0.2, 0.25) is 0 Å². The number of hydrogen-bond donors (Lipinski definition) is 0. The molecule has 0 radical (unpaired) electrons. The summed E-state index contributed by atoms with van der Waals surface area (Å²) in [6, 6.07) is 0. The van der Waals surface area contributed by atoms with Gasteiger partial charge < -0.3 is 0 Å². The van der Waals surface area contributed by atoms with Crippen LogP contribution < -0.4 is 0 Å². The Morgan fingerprint density at radius 3 is 2.67 bits per heavy atom. The third-order valence-corrected chi connectivity index (χ3v) is 4.10. The summed E-state index contributed by atoms with van der Waals surface area (Å²) in [5.41, 5.74) is 0. The van der Waals surface area contributed by atoms with Crippen LogP contribution in [0, 0.1) is 0 Å². The Balaban J connectivity index is 2.00. The van der Waals surface area contributed by atoms with Gasteiger partial charge in [-0.25, -0.2) is 3.11 Å². The van der Waals surface area contributed by atoms with E-state index in [4.69, 9.17) is 0 Å². The first-order valence-corrected chi connectivity index (χ1v) is 6.01. The average molecular weight is 280 g/mol. The maximum atomic E-state index is 2.67. The lowest BCUT2D eigenvalue weighted by molar-refractivity contribution is 0.0819. The first-order chi connectivity index (χ1) is 5.88. The van der Waals surface area contributed by atoms with Crippen LogP contribution in [-0.4, -0.2) is 33.8 Å². The van der Waals surface area contributed by atoms with Crippen molar-refractivity contribution in [3.8, 4) is 0 Å². The fourth-order valence-corrected chi connectivity index (χ4v) is 3.27. The molecule has 0 aromatic carbocycles. The molecule has 70 valence electrons. The molecule has 12 heavy (non-hydrogen) atoms. The Bertz CT molecular complexity index is 151. The van der Waals surface area contributed by atoms with Gasteiger partial charge in [0.25, 0.3) is 0 Å². The molecule has 0 spiro atoms. The molecular weight excluding hydrogens is 263 g/mol. The quantitative estimate of drug-likeness (QED) is 0.496. The van der Waals surface area contributed by atoms with Gasteiger partial charge in [-0.05, 0) is 25.8 Å². The standard InChI is InChI=1S/C9H17IN2/c10-12-8-4-7-11-6-3-1-2-5-9(11)12/h9H,1-8H2. The zero-order valence-corrected chi connectivity index (χ0v) is 9.66. The molecule has 2 heterocycles. The lowest BCUT2D eigenvalue weighted by Crippen LogP contribution is -2.48. The second-order valence-electron chi connectivity index (χ2n) is 3.84. The molecule has 0 saturated carbocycles. The summed E-state index contributed by atoms with van der Waals surface area (Å²) in [7, 11) is 0. The van der Waals surface area contributed by atoms with E-state index in [0.717, 1.165) is 6.17 Å². The summed E-state index contributed by atoms with van der Waals surface area (Å²) in [5.74, 6) is 0. The Hall–Kier alpha value is 0.650. The minimum absolute atomic E-state index is 0.766. The molecule has 0 N–H and O–H groups in total. The van der Waals surface area contributed by atoms with E-state index < -0.39 is 0 Å². The first-order valence-electron chi connectivity index (χ1n) is 5.04. The van der Waals surface area contributed by atoms with E-state index in [0.29, 0.717) is 0 Å². The highest BCUT2D eigenvalue weighted by Crippen LogP contribution is 2.25. The van der Waals surface area contributed by atoms with Crippen molar-refractivity contribution in [1.82, 2.24) is 8.01 Å². The van der Waals surface area contributed by atoms with E-state index >= 15 is 0 Å². The molecule has 2 aliphatic heterocycles. The van der Waals surface area contributed by atoms with E-state index in [-0.39, 0.29) is 0 Å². The number of halogens is 1. The number of nitrogens with zero attached hydrogens (tertiary/aromatic N) is 2. The Morgan fingerprint density at radius 2 is 1.75 bits per heavy atom. The van der Waals surface area contributed by atoms with Crippen molar-refractivity contribution < 1.29 is 0 Å². The highest BCUT2D eigenvalue weighted by molar-refractivity contribution is 14.1. The fraction of sp³-hybridized carbons (Fsp3) is 1.00. The van der Waals surface area contributed by atoms with Crippen LogP contribution in [0.4, 0.5) is 0 Å².